The molecule has 0 heterocycles. The van der Waals surface area contributed by atoms with Gasteiger partial charge in [-0.25, -0.2) is 4.57 Å². The lowest BCUT2D eigenvalue weighted by Crippen LogP contribution is -2.45. The predicted octanol–water partition coefficient (Wildman–Crippen LogP) is 19.3. The molecule has 1 amide bonds. The van der Waals surface area contributed by atoms with Crippen LogP contribution >= 0.6 is 7.82 Å². The Morgan fingerprint density at radius 2 is 0.792 bits per heavy atom. The molecule has 72 heavy (non-hydrogen) atoms. The van der Waals surface area contributed by atoms with Gasteiger partial charge in [0.05, 0.1) is 39.9 Å². The number of quaternary nitrogens is 1. The van der Waals surface area contributed by atoms with Crippen LogP contribution in [0.15, 0.2) is 36.5 Å². The number of carbonyl (C=O) groups excluding carboxylic acids is 1. The highest BCUT2D eigenvalue weighted by Crippen LogP contribution is 2.43. The van der Waals surface area contributed by atoms with Gasteiger partial charge in [-0.1, -0.05) is 288 Å². The number of allylic oxidation sites excluding steroid dienone is 5. The largest absolute Gasteiger partial charge is 0.472 e. The number of hydrogen-bond donors (Lipinski definition) is 3. The summed E-state index contributed by atoms with van der Waals surface area (Å²) in [5.41, 5.74) is 0. The van der Waals surface area contributed by atoms with Crippen LogP contribution in [0.1, 0.15) is 309 Å². The third-order valence-corrected chi connectivity index (χ3v) is 15.3. The van der Waals surface area contributed by atoms with Gasteiger partial charge in [-0.3, -0.25) is 13.8 Å². The molecule has 3 N–H and O–H groups in total. The highest BCUT2D eigenvalue weighted by molar-refractivity contribution is 7.47. The van der Waals surface area contributed by atoms with Gasteiger partial charge in [-0.15, -0.1) is 0 Å². The number of nitrogens with one attached hydrogen (secondary N) is 1. The van der Waals surface area contributed by atoms with Crippen LogP contribution in [0.3, 0.4) is 0 Å². The predicted molar refractivity (Wildman–Crippen MR) is 314 cm³/mol. The van der Waals surface area contributed by atoms with Gasteiger partial charge in [-0.05, 0) is 51.4 Å². The van der Waals surface area contributed by atoms with Crippen LogP contribution in [0.25, 0.3) is 0 Å². The smallest absolute Gasteiger partial charge is 0.387 e. The first-order valence-corrected chi connectivity index (χ1v) is 32.9. The third kappa shape index (κ3) is 56.4. The average Bonchev–Trinajstić information content (AvgIpc) is 3.34. The van der Waals surface area contributed by atoms with Crippen molar-refractivity contribution in [3.8, 4) is 0 Å². The van der Waals surface area contributed by atoms with E-state index >= 15 is 0 Å². The molecule has 0 saturated carbocycles. The van der Waals surface area contributed by atoms with Crippen molar-refractivity contribution in [3.63, 3.8) is 0 Å². The summed E-state index contributed by atoms with van der Waals surface area (Å²) in [7, 11) is 1.58. The third-order valence-electron chi connectivity index (χ3n) is 14.4. The molecule has 0 saturated heterocycles. The Labute approximate surface area is 448 Å². The molecule has 3 unspecified atom stereocenters. The van der Waals surface area contributed by atoms with Crippen molar-refractivity contribution >= 4 is 13.7 Å². The summed E-state index contributed by atoms with van der Waals surface area (Å²) in [6.07, 6.45) is 71.5. The minimum Gasteiger partial charge on any atom is -0.387 e. The van der Waals surface area contributed by atoms with Crippen molar-refractivity contribution in [2.45, 2.75) is 321 Å². The molecule has 0 aliphatic carbocycles. The molecule has 0 aliphatic heterocycles. The van der Waals surface area contributed by atoms with Crippen LogP contribution in [0, 0.1) is 0 Å². The van der Waals surface area contributed by atoms with Crippen molar-refractivity contribution in [2.24, 2.45) is 0 Å². The highest BCUT2D eigenvalue weighted by atomic mass is 31.2. The maximum absolute atomic E-state index is 12.9. The second kappa shape index (κ2) is 54.5. The summed E-state index contributed by atoms with van der Waals surface area (Å²) in [5, 5.41) is 13.9. The lowest BCUT2D eigenvalue weighted by Gasteiger charge is -2.25. The SMILES string of the molecule is CCCCCCC/C=C\C/C=C\CCCCCCCCCCCCCCCCCCCCCCCCCCCCCC(=O)NC(COP(=O)(O)OCC[N+](C)(C)C)C(O)/C=C/CCCCCCCCCCC. The van der Waals surface area contributed by atoms with Gasteiger partial charge in [0.1, 0.15) is 13.2 Å². The van der Waals surface area contributed by atoms with Crippen LogP contribution in [0.5, 0.6) is 0 Å². The highest BCUT2D eigenvalue weighted by Gasteiger charge is 2.27. The second-order valence-electron chi connectivity index (χ2n) is 22.8. The Morgan fingerprint density at radius 1 is 0.472 bits per heavy atom. The first-order chi connectivity index (χ1) is 35.0. The van der Waals surface area contributed by atoms with E-state index in [2.05, 4.69) is 43.5 Å². The molecular formula is C63H124N2O6P+. The Kier molecular flexibility index (Phi) is 53.5. The van der Waals surface area contributed by atoms with Crippen molar-refractivity contribution in [3.05, 3.63) is 36.5 Å². The molecule has 9 heteroatoms. The van der Waals surface area contributed by atoms with E-state index < -0.39 is 20.0 Å². The van der Waals surface area contributed by atoms with E-state index in [-0.39, 0.29) is 19.1 Å². The van der Waals surface area contributed by atoms with Gasteiger partial charge in [0, 0.05) is 6.42 Å². The number of phosphoric ester groups is 1. The number of aliphatic hydroxyl groups is 1. The molecular weight excluding hydrogens is 912 g/mol. The number of amides is 1. The van der Waals surface area contributed by atoms with Crippen molar-refractivity contribution in [2.75, 3.05) is 40.9 Å². The molecule has 0 spiro atoms. The minimum atomic E-state index is -4.34. The Bertz CT molecular complexity index is 1270. The van der Waals surface area contributed by atoms with E-state index in [1.54, 1.807) is 6.08 Å². The lowest BCUT2D eigenvalue weighted by molar-refractivity contribution is -0.870. The zero-order chi connectivity index (χ0) is 52.7. The van der Waals surface area contributed by atoms with Gasteiger partial charge in [0.2, 0.25) is 5.91 Å². The lowest BCUT2D eigenvalue weighted by atomic mass is 10.0. The van der Waals surface area contributed by atoms with Crippen molar-refractivity contribution in [1.82, 2.24) is 5.32 Å². The molecule has 0 fully saturated rings. The number of hydrogen-bond acceptors (Lipinski definition) is 5. The van der Waals surface area contributed by atoms with E-state index in [0.717, 1.165) is 44.9 Å². The van der Waals surface area contributed by atoms with Crippen molar-refractivity contribution < 1.29 is 32.9 Å². The van der Waals surface area contributed by atoms with Crippen LogP contribution < -0.4 is 5.32 Å². The normalized spacial score (nSPS) is 14.0. The number of phosphoric acid groups is 1. The number of aliphatic hydroxyl groups excluding tert-OH is 1. The molecule has 8 nitrogen and oxygen atoms in total. The van der Waals surface area contributed by atoms with Crippen molar-refractivity contribution in [1.29, 1.82) is 0 Å². The van der Waals surface area contributed by atoms with E-state index in [0.29, 0.717) is 17.4 Å². The molecule has 0 rings (SSSR count). The first-order valence-electron chi connectivity index (χ1n) is 31.4. The topological polar surface area (TPSA) is 105 Å². The monoisotopic (exact) mass is 1040 g/mol. The number of unbranched alkanes of at least 4 members (excludes halogenated alkanes) is 41. The van der Waals surface area contributed by atoms with Gasteiger partial charge >= 0.3 is 7.82 Å². The molecule has 0 aromatic heterocycles. The summed E-state index contributed by atoms with van der Waals surface area (Å²) in [6.45, 7) is 4.82. The van der Waals surface area contributed by atoms with Crippen LogP contribution in [0.2, 0.25) is 0 Å². The van der Waals surface area contributed by atoms with E-state index in [1.807, 2.05) is 27.2 Å². The molecule has 0 aliphatic rings. The van der Waals surface area contributed by atoms with Crippen LogP contribution in [-0.2, 0) is 18.4 Å². The number of likely N-dealkylation sites (N-methyl/N-ethyl adjacent to an activating group) is 1. The van der Waals surface area contributed by atoms with E-state index in [9.17, 15) is 19.4 Å². The minimum absolute atomic E-state index is 0.0635. The number of rotatable bonds is 58. The second-order valence-corrected chi connectivity index (χ2v) is 24.2. The Hall–Kier alpha value is -1.28. The molecule has 0 aromatic rings. The van der Waals surface area contributed by atoms with Gasteiger partial charge in [0.25, 0.3) is 0 Å². The molecule has 3 atom stereocenters. The zero-order valence-electron chi connectivity index (χ0n) is 48.7. The summed E-state index contributed by atoms with van der Waals surface area (Å²) in [4.78, 5) is 23.2. The maximum atomic E-state index is 12.9. The average molecular weight is 1040 g/mol. The van der Waals surface area contributed by atoms with Crippen LogP contribution in [-0.4, -0.2) is 73.4 Å². The summed E-state index contributed by atoms with van der Waals surface area (Å²) >= 11 is 0. The molecule has 426 valence electrons. The Morgan fingerprint density at radius 3 is 1.14 bits per heavy atom. The fraction of sp³-hybridized carbons (Fsp3) is 0.889. The molecule has 0 bridgehead atoms. The fourth-order valence-electron chi connectivity index (χ4n) is 9.43. The summed E-state index contributed by atoms with van der Waals surface area (Å²) in [6, 6.07) is -0.842. The maximum Gasteiger partial charge on any atom is 0.472 e. The number of carbonyl (C=O) groups is 1. The van der Waals surface area contributed by atoms with Gasteiger partial charge in [0.15, 0.2) is 0 Å². The summed E-state index contributed by atoms with van der Waals surface area (Å²) < 4.78 is 23.6. The van der Waals surface area contributed by atoms with Gasteiger partial charge < -0.3 is 19.8 Å². The quantitative estimate of drug-likeness (QED) is 0.0243. The van der Waals surface area contributed by atoms with Crippen LogP contribution in [0.4, 0.5) is 0 Å². The number of nitrogens with zero attached hydrogens (tertiary/aromatic N) is 1. The fourth-order valence-corrected chi connectivity index (χ4v) is 10.2. The first kappa shape index (κ1) is 70.7. The van der Waals surface area contributed by atoms with E-state index in [1.165, 1.54) is 244 Å². The zero-order valence-corrected chi connectivity index (χ0v) is 49.6. The Balaban J connectivity index is 3.82. The van der Waals surface area contributed by atoms with E-state index in [4.69, 9.17) is 9.05 Å². The molecule has 0 radical (unpaired) electrons. The molecule has 0 aromatic carbocycles. The van der Waals surface area contributed by atoms with Gasteiger partial charge in [-0.2, -0.15) is 0 Å². The summed E-state index contributed by atoms with van der Waals surface area (Å²) in [5.74, 6) is -0.173. The standard InChI is InChI=1S/C63H123N2O6P/c1-6-8-10-12-14-16-18-19-20-21-22-23-24-25-26-27-28-29-30-31-32-33-34-35-36-37-38-39-40-41-42-43-44-45-47-49-51-53-55-57-63(67)64-61(60-71-72(68,69)70-59-58-65(3,4)5)62(66)56-54-52-50-48-46-17-15-13-11-9-7-2/h18-19,21-22,54,56,61-62,66H,6-17,20,23-53,55,57-60H2,1-5H3,(H-,64,67,68,69)/p+1/b19-18-,22-21-,56-54+.